The Morgan fingerprint density at radius 1 is 1.27 bits per heavy atom. The fourth-order valence-corrected chi connectivity index (χ4v) is 3.98. The maximum atomic E-state index is 4.85. The molecule has 3 heterocycles. The maximum Gasteiger partial charge on any atom is 0.165 e. The van der Waals surface area contributed by atoms with Gasteiger partial charge >= 0.3 is 0 Å². The summed E-state index contributed by atoms with van der Waals surface area (Å²) in [5, 5.41) is 4.74. The Bertz CT molecular complexity index is 817. The van der Waals surface area contributed by atoms with Crippen LogP contribution in [0.5, 0.6) is 0 Å². The molecule has 22 heavy (non-hydrogen) atoms. The van der Waals surface area contributed by atoms with E-state index in [1.165, 1.54) is 10.4 Å². The van der Waals surface area contributed by atoms with E-state index >= 15 is 0 Å². The van der Waals surface area contributed by atoms with Crippen molar-refractivity contribution in [3.05, 3.63) is 28.5 Å². The number of nitrogens with zero attached hydrogens (tertiary/aromatic N) is 4. The van der Waals surface area contributed by atoms with Gasteiger partial charge in [-0.1, -0.05) is 13.8 Å². The Kier molecular flexibility index (Phi) is 4.04. The van der Waals surface area contributed by atoms with Crippen LogP contribution in [-0.4, -0.2) is 27.4 Å². The molecule has 0 radical (unpaired) electrons. The molecule has 0 bridgehead atoms. The van der Waals surface area contributed by atoms with Gasteiger partial charge in [0.25, 0.3) is 0 Å². The highest BCUT2D eigenvalue weighted by Crippen LogP contribution is 2.31. The lowest BCUT2D eigenvalue weighted by Crippen LogP contribution is -2.09. The Labute approximate surface area is 136 Å². The normalized spacial score (nSPS) is 11.7. The summed E-state index contributed by atoms with van der Waals surface area (Å²) in [7, 11) is 2.04. The van der Waals surface area contributed by atoms with Crippen LogP contribution < -0.4 is 5.59 Å². The van der Waals surface area contributed by atoms with Gasteiger partial charge in [0.2, 0.25) is 0 Å². The van der Waals surface area contributed by atoms with Crippen molar-refractivity contribution in [2.75, 3.05) is 0 Å². The minimum atomic E-state index is 0.529. The molecule has 0 saturated heterocycles. The molecular weight excluding hydrogens is 291 g/mol. The number of imidazole rings is 1. The lowest BCUT2D eigenvalue weighted by atomic mass is 9.95. The van der Waals surface area contributed by atoms with Crippen molar-refractivity contribution in [3.8, 4) is 10.6 Å². The molecule has 0 amide bonds. The summed E-state index contributed by atoms with van der Waals surface area (Å²) in [4.78, 5) is 10.4. The van der Waals surface area contributed by atoms with E-state index in [1.54, 1.807) is 11.3 Å². The summed E-state index contributed by atoms with van der Waals surface area (Å²) in [6.45, 7) is 8.61. The van der Waals surface area contributed by atoms with Crippen molar-refractivity contribution in [3.63, 3.8) is 0 Å². The molecular formula is C16H21BN4S. The van der Waals surface area contributed by atoms with Crippen LogP contribution in [0, 0.1) is 13.8 Å². The van der Waals surface area contributed by atoms with Crippen LogP contribution in [0.4, 0.5) is 0 Å². The first kappa shape index (κ1) is 15.2. The average Bonchev–Trinajstić information content (AvgIpc) is 3.03. The second-order valence-electron chi connectivity index (χ2n) is 5.80. The molecule has 0 N–H and O–H groups in total. The monoisotopic (exact) mass is 312 g/mol. The maximum absolute atomic E-state index is 4.85. The van der Waals surface area contributed by atoms with Crippen molar-refractivity contribution in [2.24, 2.45) is 0 Å². The fourth-order valence-electron chi connectivity index (χ4n) is 3.10. The number of hydrogen-bond donors (Lipinski definition) is 0. The largest absolute Gasteiger partial charge is 0.260 e. The van der Waals surface area contributed by atoms with Crippen LogP contribution >= 0.6 is 11.3 Å². The number of hydrogen-bond acceptors (Lipinski definition) is 4. The summed E-state index contributed by atoms with van der Waals surface area (Å²) in [5.74, 6) is 0.529. The van der Waals surface area contributed by atoms with Crippen molar-refractivity contribution >= 4 is 30.4 Å². The highest BCUT2D eigenvalue weighted by atomic mass is 32.1. The highest BCUT2D eigenvalue weighted by molar-refractivity contribution is 7.14. The van der Waals surface area contributed by atoms with Gasteiger partial charge in [-0.15, -0.1) is 11.3 Å². The molecule has 114 valence electrons. The van der Waals surface area contributed by atoms with Gasteiger partial charge in [-0.2, -0.15) is 5.10 Å². The van der Waals surface area contributed by atoms with Crippen LogP contribution in [0.1, 0.15) is 49.6 Å². The Morgan fingerprint density at radius 2 is 2.00 bits per heavy atom. The van der Waals surface area contributed by atoms with E-state index < -0.39 is 0 Å². The van der Waals surface area contributed by atoms with Gasteiger partial charge in [-0.25, -0.2) is 9.50 Å². The van der Waals surface area contributed by atoms with Crippen molar-refractivity contribution < 1.29 is 0 Å². The van der Waals surface area contributed by atoms with Crippen LogP contribution in [0.15, 0.2) is 11.6 Å². The summed E-state index contributed by atoms with van der Waals surface area (Å²) in [6, 6.07) is 2.20. The summed E-state index contributed by atoms with van der Waals surface area (Å²) in [6.07, 6.45) is 2.24. The second kappa shape index (κ2) is 5.84. The zero-order chi connectivity index (χ0) is 15.9. The highest BCUT2D eigenvalue weighted by Gasteiger charge is 2.21. The lowest BCUT2D eigenvalue weighted by molar-refractivity contribution is 0.638. The third-order valence-electron chi connectivity index (χ3n) is 4.30. The predicted molar refractivity (Wildman–Crippen MR) is 95.1 cm³/mol. The SMILES string of the molecule is Bc1ncsc1-c1c(C)nc2c(C(CC)CC)cc(C)nn12. The minimum absolute atomic E-state index is 0.529. The molecule has 0 unspecified atom stereocenters. The van der Waals surface area contributed by atoms with E-state index in [9.17, 15) is 0 Å². The van der Waals surface area contributed by atoms with E-state index in [-0.39, 0.29) is 0 Å². The first-order valence-corrected chi connectivity index (χ1v) is 8.72. The third kappa shape index (κ3) is 2.35. The smallest absolute Gasteiger partial charge is 0.165 e. The topological polar surface area (TPSA) is 43.1 Å². The van der Waals surface area contributed by atoms with E-state index in [0.29, 0.717) is 5.92 Å². The molecule has 0 aliphatic heterocycles. The molecule has 0 aliphatic rings. The average molecular weight is 312 g/mol. The van der Waals surface area contributed by atoms with Gasteiger partial charge in [-0.05, 0) is 38.7 Å². The quantitative estimate of drug-likeness (QED) is 0.696. The van der Waals surface area contributed by atoms with Crippen LogP contribution in [0.25, 0.3) is 16.2 Å². The van der Waals surface area contributed by atoms with Crippen LogP contribution in [0.2, 0.25) is 0 Å². The zero-order valence-electron chi connectivity index (χ0n) is 13.8. The number of thiazole rings is 1. The molecule has 4 nitrogen and oxygen atoms in total. The number of aromatic nitrogens is 4. The molecule has 0 aromatic carbocycles. The molecule has 3 rings (SSSR count). The van der Waals surface area contributed by atoms with Gasteiger partial charge in [-0.3, -0.25) is 4.98 Å². The number of fused-ring (bicyclic) bond motifs is 1. The third-order valence-corrected chi connectivity index (χ3v) is 5.23. The second-order valence-corrected chi connectivity index (χ2v) is 6.66. The molecule has 3 aromatic heterocycles. The van der Waals surface area contributed by atoms with E-state index in [2.05, 4.69) is 38.7 Å². The Hall–Kier alpha value is -1.69. The Morgan fingerprint density at radius 3 is 2.59 bits per heavy atom. The van der Waals surface area contributed by atoms with E-state index in [0.717, 1.165) is 41.2 Å². The van der Waals surface area contributed by atoms with Crippen LogP contribution in [-0.2, 0) is 0 Å². The van der Waals surface area contributed by atoms with E-state index in [1.807, 2.05) is 17.9 Å². The van der Waals surface area contributed by atoms with Gasteiger partial charge < -0.3 is 0 Å². The van der Waals surface area contributed by atoms with Crippen molar-refractivity contribution in [1.29, 1.82) is 0 Å². The molecule has 0 aliphatic carbocycles. The zero-order valence-corrected chi connectivity index (χ0v) is 14.7. The van der Waals surface area contributed by atoms with Gasteiger partial charge in [0.05, 0.1) is 21.8 Å². The van der Waals surface area contributed by atoms with Crippen molar-refractivity contribution in [2.45, 2.75) is 46.5 Å². The summed E-state index contributed by atoms with van der Waals surface area (Å²) < 4.78 is 2.03. The molecule has 3 aromatic rings. The standard InChI is InChI=1S/C16H21BN4S/c1-5-11(6-2)12-7-9(3)20-21-13(10(4)19-16(12)21)14-15(17)18-8-22-14/h7-8,11H,5-6,17H2,1-4H3. The molecule has 0 fully saturated rings. The van der Waals surface area contributed by atoms with Gasteiger partial charge in [0.1, 0.15) is 5.69 Å². The molecule has 6 heteroatoms. The van der Waals surface area contributed by atoms with Crippen LogP contribution in [0.3, 0.4) is 0 Å². The first-order valence-electron chi connectivity index (χ1n) is 7.84. The summed E-state index contributed by atoms with van der Waals surface area (Å²) in [5.41, 5.74) is 8.40. The number of aryl methyl sites for hydroxylation is 2. The first-order chi connectivity index (χ1) is 10.6. The Balaban J connectivity index is 2.33. The van der Waals surface area contributed by atoms with E-state index in [4.69, 9.17) is 10.1 Å². The molecule has 0 spiro atoms. The molecule has 0 atom stereocenters. The molecule has 0 saturated carbocycles. The lowest BCUT2D eigenvalue weighted by Gasteiger charge is -2.14. The minimum Gasteiger partial charge on any atom is -0.260 e. The van der Waals surface area contributed by atoms with Crippen molar-refractivity contribution in [1.82, 2.24) is 19.6 Å². The fraction of sp³-hybridized carbons (Fsp3) is 0.438. The number of rotatable bonds is 4. The van der Waals surface area contributed by atoms with Gasteiger partial charge in [0.15, 0.2) is 13.5 Å². The predicted octanol–water partition coefficient (Wildman–Crippen LogP) is 2.63. The van der Waals surface area contributed by atoms with Gasteiger partial charge in [0, 0.05) is 11.2 Å². The summed E-state index contributed by atoms with van der Waals surface area (Å²) >= 11 is 1.66.